The SMILES string of the molecule is Cc1ccc(-c2ccc(C)c(C3CC=CC=C3C3CCC3)c2)cc1. The Kier molecular flexibility index (Phi) is 4.14. The average Bonchev–Trinajstić information content (AvgIpc) is 2.55. The number of allylic oxidation sites excluding steroid dienone is 4. The zero-order chi connectivity index (χ0) is 16.5. The van der Waals surface area contributed by atoms with Gasteiger partial charge in [-0.1, -0.05) is 78.3 Å². The van der Waals surface area contributed by atoms with Crippen molar-refractivity contribution >= 4 is 0 Å². The maximum Gasteiger partial charge on any atom is 0.00915 e. The van der Waals surface area contributed by atoms with Gasteiger partial charge in [0.2, 0.25) is 0 Å². The molecular formula is C24H26. The van der Waals surface area contributed by atoms with Gasteiger partial charge in [-0.25, -0.2) is 0 Å². The van der Waals surface area contributed by atoms with Crippen molar-refractivity contribution in [1.29, 1.82) is 0 Å². The molecule has 0 amide bonds. The monoisotopic (exact) mass is 314 g/mol. The molecule has 24 heavy (non-hydrogen) atoms. The topological polar surface area (TPSA) is 0 Å². The van der Waals surface area contributed by atoms with Crippen LogP contribution in [0.1, 0.15) is 48.3 Å². The van der Waals surface area contributed by atoms with Crippen LogP contribution in [0.25, 0.3) is 11.1 Å². The van der Waals surface area contributed by atoms with Gasteiger partial charge in [0.05, 0.1) is 0 Å². The highest BCUT2D eigenvalue weighted by Gasteiger charge is 2.29. The van der Waals surface area contributed by atoms with E-state index in [-0.39, 0.29) is 0 Å². The minimum Gasteiger partial charge on any atom is -0.0836 e. The predicted octanol–water partition coefficient (Wildman–Crippen LogP) is 6.74. The van der Waals surface area contributed by atoms with E-state index in [9.17, 15) is 0 Å². The Morgan fingerprint density at radius 2 is 1.62 bits per heavy atom. The van der Waals surface area contributed by atoms with E-state index in [0.29, 0.717) is 5.92 Å². The number of rotatable bonds is 3. The van der Waals surface area contributed by atoms with Crippen molar-refractivity contribution in [3.63, 3.8) is 0 Å². The molecule has 2 aliphatic carbocycles. The number of aryl methyl sites for hydroxylation is 2. The summed E-state index contributed by atoms with van der Waals surface area (Å²) in [5, 5.41) is 0. The van der Waals surface area contributed by atoms with Crippen molar-refractivity contribution in [2.45, 2.75) is 45.4 Å². The van der Waals surface area contributed by atoms with Crippen LogP contribution in [0.15, 0.2) is 66.3 Å². The molecule has 0 nitrogen and oxygen atoms in total. The summed E-state index contributed by atoms with van der Waals surface area (Å²) in [6, 6.07) is 15.9. The van der Waals surface area contributed by atoms with E-state index in [0.717, 1.165) is 12.3 Å². The lowest BCUT2D eigenvalue weighted by Crippen LogP contribution is -2.20. The number of hydrogen-bond donors (Lipinski definition) is 0. The molecular weight excluding hydrogens is 288 g/mol. The molecule has 0 spiro atoms. The maximum atomic E-state index is 2.44. The van der Waals surface area contributed by atoms with Crippen LogP contribution in [0.3, 0.4) is 0 Å². The average molecular weight is 314 g/mol. The second-order valence-electron chi connectivity index (χ2n) is 7.45. The van der Waals surface area contributed by atoms with Gasteiger partial charge in [0.1, 0.15) is 0 Å². The fourth-order valence-electron chi connectivity index (χ4n) is 4.06. The van der Waals surface area contributed by atoms with Crippen molar-refractivity contribution in [3.05, 3.63) is 83.0 Å². The summed E-state index contributed by atoms with van der Waals surface area (Å²) in [7, 11) is 0. The molecule has 1 atom stereocenters. The molecule has 0 bridgehead atoms. The largest absolute Gasteiger partial charge is 0.0836 e. The minimum absolute atomic E-state index is 0.575. The number of hydrogen-bond acceptors (Lipinski definition) is 0. The van der Waals surface area contributed by atoms with Gasteiger partial charge in [0, 0.05) is 5.92 Å². The van der Waals surface area contributed by atoms with Crippen molar-refractivity contribution in [1.82, 2.24) is 0 Å². The van der Waals surface area contributed by atoms with E-state index in [1.54, 1.807) is 5.57 Å². The molecule has 0 aromatic heterocycles. The first kappa shape index (κ1) is 15.4. The van der Waals surface area contributed by atoms with Crippen LogP contribution in [0.2, 0.25) is 0 Å². The van der Waals surface area contributed by atoms with Crippen LogP contribution in [-0.4, -0.2) is 0 Å². The van der Waals surface area contributed by atoms with Gasteiger partial charge in [-0.3, -0.25) is 0 Å². The first-order chi connectivity index (χ1) is 11.7. The molecule has 2 aromatic rings. The summed E-state index contributed by atoms with van der Waals surface area (Å²) < 4.78 is 0. The first-order valence-corrected chi connectivity index (χ1v) is 9.26. The molecule has 2 aromatic carbocycles. The third-order valence-corrected chi connectivity index (χ3v) is 5.82. The Hall–Kier alpha value is -2.08. The molecule has 1 unspecified atom stereocenters. The lowest BCUT2D eigenvalue weighted by molar-refractivity contribution is 0.350. The minimum atomic E-state index is 0.575. The van der Waals surface area contributed by atoms with Crippen LogP contribution in [0, 0.1) is 19.8 Å². The Morgan fingerprint density at radius 3 is 2.33 bits per heavy atom. The third kappa shape index (κ3) is 2.86. The van der Waals surface area contributed by atoms with Crippen LogP contribution in [0.5, 0.6) is 0 Å². The lowest BCUT2D eigenvalue weighted by Gasteiger charge is -2.35. The van der Waals surface area contributed by atoms with Gasteiger partial charge in [0.25, 0.3) is 0 Å². The second kappa shape index (κ2) is 6.43. The van der Waals surface area contributed by atoms with Crippen LogP contribution in [0.4, 0.5) is 0 Å². The summed E-state index contributed by atoms with van der Waals surface area (Å²) in [4.78, 5) is 0. The molecule has 4 rings (SSSR count). The van der Waals surface area contributed by atoms with Crippen molar-refractivity contribution < 1.29 is 0 Å². The quantitative estimate of drug-likeness (QED) is 0.588. The van der Waals surface area contributed by atoms with Crippen molar-refractivity contribution in [2.75, 3.05) is 0 Å². The standard InChI is InChI=1S/C24H26/c1-17-10-13-19(14-11-17)21-15-12-18(2)24(16-21)23-9-4-3-8-22(23)20-6-5-7-20/h3-4,8,10-16,20,23H,5-7,9H2,1-2H3. The van der Waals surface area contributed by atoms with E-state index in [4.69, 9.17) is 0 Å². The van der Waals surface area contributed by atoms with Gasteiger partial charge in [-0.05, 0) is 61.3 Å². The summed E-state index contributed by atoms with van der Waals surface area (Å²) in [6.45, 7) is 4.42. The van der Waals surface area contributed by atoms with Gasteiger partial charge in [-0.2, -0.15) is 0 Å². The zero-order valence-corrected chi connectivity index (χ0v) is 14.8. The highest BCUT2D eigenvalue weighted by Crippen LogP contribution is 2.45. The summed E-state index contributed by atoms with van der Waals surface area (Å²) >= 11 is 0. The molecule has 1 fully saturated rings. The molecule has 0 saturated heterocycles. The van der Waals surface area contributed by atoms with Crippen molar-refractivity contribution in [3.8, 4) is 11.1 Å². The maximum absolute atomic E-state index is 2.44. The summed E-state index contributed by atoms with van der Waals surface area (Å²) in [5.74, 6) is 1.40. The van der Waals surface area contributed by atoms with Gasteiger partial charge in [-0.15, -0.1) is 0 Å². The molecule has 122 valence electrons. The van der Waals surface area contributed by atoms with E-state index in [2.05, 4.69) is 74.5 Å². The third-order valence-electron chi connectivity index (χ3n) is 5.82. The summed E-state index contributed by atoms with van der Waals surface area (Å²) in [5.41, 5.74) is 8.61. The Labute approximate surface area is 145 Å². The van der Waals surface area contributed by atoms with Crippen molar-refractivity contribution in [2.24, 2.45) is 5.92 Å². The zero-order valence-electron chi connectivity index (χ0n) is 14.8. The van der Waals surface area contributed by atoms with Gasteiger partial charge >= 0.3 is 0 Å². The normalized spacial score (nSPS) is 20.6. The fraction of sp³-hybridized carbons (Fsp3) is 0.333. The Balaban J connectivity index is 1.72. The predicted molar refractivity (Wildman–Crippen MR) is 103 cm³/mol. The molecule has 0 radical (unpaired) electrons. The lowest BCUT2D eigenvalue weighted by atomic mass is 9.70. The Bertz CT molecular complexity index is 785. The number of benzene rings is 2. The van der Waals surface area contributed by atoms with Crippen LogP contribution in [-0.2, 0) is 0 Å². The second-order valence-corrected chi connectivity index (χ2v) is 7.45. The molecule has 1 saturated carbocycles. The first-order valence-electron chi connectivity index (χ1n) is 9.26. The molecule has 0 aliphatic heterocycles. The molecule has 0 N–H and O–H groups in total. The van der Waals surface area contributed by atoms with Gasteiger partial charge in [0.15, 0.2) is 0 Å². The smallest absolute Gasteiger partial charge is 0.00915 e. The highest BCUT2D eigenvalue weighted by atomic mass is 14.3. The molecule has 2 aliphatic rings. The van der Waals surface area contributed by atoms with E-state index in [1.807, 2.05) is 0 Å². The van der Waals surface area contributed by atoms with Crippen LogP contribution >= 0.6 is 0 Å². The highest BCUT2D eigenvalue weighted by molar-refractivity contribution is 5.66. The Morgan fingerprint density at radius 1 is 0.875 bits per heavy atom. The molecule has 0 heteroatoms. The van der Waals surface area contributed by atoms with E-state index in [1.165, 1.54) is 47.1 Å². The van der Waals surface area contributed by atoms with Crippen LogP contribution < -0.4 is 0 Å². The van der Waals surface area contributed by atoms with E-state index < -0.39 is 0 Å². The van der Waals surface area contributed by atoms with E-state index >= 15 is 0 Å². The van der Waals surface area contributed by atoms with Gasteiger partial charge < -0.3 is 0 Å². The fourth-order valence-corrected chi connectivity index (χ4v) is 4.06. The summed E-state index contributed by atoms with van der Waals surface area (Å²) in [6.07, 6.45) is 12.3. The molecule has 0 heterocycles.